The lowest BCUT2D eigenvalue weighted by atomic mass is 9.95. The number of hydrogen-bond acceptors (Lipinski definition) is 4. The Hall–Kier alpha value is -0.650. The van der Waals surface area contributed by atoms with E-state index in [1.165, 1.54) is 32.1 Å². The SMILES string of the molecule is CC[C@@H]1CN(CCC(=O)NC2CCCCC2)CCN1CCOC. The zero-order valence-electron chi connectivity index (χ0n) is 15.1. The fourth-order valence-corrected chi connectivity index (χ4v) is 3.86. The summed E-state index contributed by atoms with van der Waals surface area (Å²) in [6.07, 6.45) is 8.01. The van der Waals surface area contributed by atoms with Crippen LogP contribution in [0, 0.1) is 0 Å². The van der Waals surface area contributed by atoms with Crippen LogP contribution in [-0.4, -0.2) is 74.2 Å². The van der Waals surface area contributed by atoms with Gasteiger partial charge in [-0.2, -0.15) is 0 Å². The van der Waals surface area contributed by atoms with Gasteiger partial charge in [0.1, 0.15) is 0 Å². The molecule has 1 saturated heterocycles. The van der Waals surface area contributed by atoms with Gasteiger partial charge in [-0.25, -0.2) is 0 Å². The van der Waals surface area contributed by atoms with Gasteiger partial charge in [0.2, 0.25) is 5.91 Å². The molecule has 1 atom stereocenters. The first-order valence-electron chi connectivity index (χ1n) is 9.47. The maximum atomic E-state index is 12.1. The van der Waals surface area contributed by atoms with Crippen molar-refractivity contribution in [1.82, 2.24) is 15.1 Å². The number of nitrogens with zero attached hydrogens (tertiary/aromatic N) is 2. The van der Waals surface area contributed by atoms with Gasteiger partial charge < -0.3 is 10.1 Å². The summed E-state index contributed by atoms with van der Waals surface area (Å²) in [6, 6.07) is 1.03. The average Bonchev–Trinajstić information content (AvgIpc) is 2.59. The quantitative estimate of drug-likeness (QED) is 0.740. The molecule has 2 fully saturated rings. The molecular formula is C18H35N3O2. The molecule has 0 aromatic carbocycles. The predicted octanol–water partition coefficient (Wildman–Crippen LogP) is 1.87. The number of carbonyl (C=O) groups is 1. The van der Waals surface area contributed by atoms with Crippen LogP contribution in [0.15, 0.2) is 0 Å². The Morgan fingerprint density at radius 1 is 1.17 bits per heavy atom. The Bertz CT molecular complexity index is 345. The first kappa shape index (κ1) is 18.7. The summed E-state index contributed by atoms with van der Waals surface area (Å²) in [5.41, 5.74) is 0. The van der Waals surface area contributed by atoms with Crippen LogP contribution in [0.5, 0.6) is 0 Å². The number of rotatable bonds is 8. The molecule has 0 bridgehead atoms. The predicted molar refractivity (Wildman–Crippen MR) is 93.6 cm³/mol. The highest BCUT2D eigenvalue weighted by Crippen LogP contribution is 2.17. The van der Waals surface area contributed by atoms with E-state index in [0.717, 1.165) is 45.8 Å². The van der Waals surface area contributed by atoms with E-state index in [-0.39, 0.29) is 5.91 Å². The largest absolute Gasteiger partial charge is 0.383 e. The lowest BCUT2D eigenvalue weighted by Gasteiger charge is -2.41. The van der Waals surface area contributed by atoms with Crippen LogP contribution < -0.4 is 5.32 Å². The Balaban J connectivity index is 1.66. The lowest BCUT2D eigenvalue weighted by Crippen LogP contribution is -2.54. The molecule has 1 saturated carbocycles. The van der Waals surface area contributed by atoms with Crippen LogP contribution >= 0.6 is 0 Å². The van der Waals surface area contributed by atoms with Crippen molar-refractivity contribution in [2.75, 3.05) is 46.4 Å². The first-order chi connectivity index (χ1) is 11.2. The highest BCUT2D eigenvalue weighted by Gasteiger charge is 2.25. The minimum Gasteiger partial charge on any atom is -0.383 e. The third-order valence-electron chi connectivity index (χ3n) is 5.37. The molecule has 0 unspecified atom stereocenters. The van der Waals surface area contributed by atoms with Crippen molar-refractivity contribution in [3.63, 3.8) is 0 Å². The number of carbonyl (C=O) groups excluding carboxylic acids is 1. The molecule has 0 radical (unpaired) electrons. The molecular weight excluding hydrogens is 290 g/mol. The van der Waals surface area contributed by atoms with Crippen LogP contribution in [0.1, 0.15) is 51.9 Å². The van der Waals surface area contributed by atoms with E-state index >= 15 is 0 Å². The zero-order chi connectivity index (χ0) is 16.5. The fourth-order valence-electron chi connectivity index (χ4n) is 3.86. The molecule has 134 valence electrons. The Labute approximate surface area is 141 Å². The second-order valence-electron chi connectivity index (χ2n) is 7.04. The van der Waals surface area contributed by atoms with Gasteiger partial charge >= 0.3 is 0 Å². The first-order valence-corrected chi connectivity index (χ1v) is 9.47. The molecule has 23 heavy (non-hydrogen) atoms. The standard InChI is InChI=1S/C18H35N3O2/c1-3-17-15-20(11-12-21(17)13-14-23-2)10-9-18(22)19-16-7-5-4-6-8-16/h16-17H,3-15H2,1-2H3,(H,19,22)/t17-/m1/s1. The van der Waals surface area contributed by atoms with Crippen LogP contribution in [0.3, 0.4) is 0 Å². The van der Waals surface area contributed by atoms with E-state index in [1.807, 2.05) is 0 Å². The summed E-state index contributed by atoms with van der Waals surface area (Å²) >= 11 is 0. The van der Waals surface area contributed by atoms with Crippen molar-refractivity contribution in [2.24, 2.45) is 0 Å². The van der Waals surface area contributed by atoms with Gasteiger partial charge in [-0.1, -0.05) is 26.2 Å². The molecule has 2 aliphatic rings. The molecule has 0 spiro atoms. The Morgan fingerprint density at radius 3 is 2.65 bits per heavy atom. The van der Waals surface area contributed by atoms with Crippen LogP contribution in [0.4, 0.5) is 0 Å². The third kappa shape index (κ3) is 6.40. The smallest absolute Gasteiger partial charge is 0.221 e. The number of methoxy groups -OCH3 is 1. The second-order valence-corrected chi connectivity index (χ2v) is 7.04. The van der Waals surface area contributed by atoms with Crippen molar-refractivity contribution < 1.29 is 9.53 Å². The van der Waals surface area contributed by atoms with Crippen molar-refractivity contribution >= 4 is 5.91 Å². The highest BCUT2D eigenvalue weighted by atomic mass is 16.5. The molecule has 0 aromatic heterocycles. The van der Waals surface area contributed by atoms with Crippen LogP contribution in [0.25, 0.3) is 0 Å². The van der Waals surface area contributed by atoms with E-state index in [0.29, 0.717) is 18.5 Å². The van der Waals surface area contributed by atoms with Gasteiger partial charge in [0, 0.05) is 58.3 Å². The monoisotopic (exact) mass is 325 g/mol. The normalized spacial score (nSPS) is 24.7. The van der Waals surface area contributed by atoms with Crippen LogP contribution in [-0.2, 0) is 9.53 Å². The van der Waals surface area contributed by atoms with Crippen LogP contribution in [0.2, 0.25) is 0 Å². The van der Waals surface area contributed by atoms with Crippen molar-refractivity contribution in [3.8, 4) is 0 Å². The zero-order valence-corrected chi connectivity index (χ0v) is 15.1. The molecule has 1 heterocycles. The molecule has 0 aromatic rings. The van der Waals surface area contributed by atoms with Gasteiger partial charge in [0.15, 0.2) is 0 Å². The van der Waals surface area contributed by atoms with Gasteiger partial charge in [-0.15, -0.1) is 0 Å². The number of ether oxygens (including phenoxy) is 1. The van der Waals surface area contributed by atoms with E-state index in [9.17, 15) is 4.79 Å². The molecule has 1 N–H and O–H groups in total. The molecule has 5 nitrogen and oxygen atoms in total. The van der Waals surface area contributed by atoms with Gasteiger partial charge in [-0.05, 0) is 19.3 Å². The molecule has 2 rings (SSSR count). The number of amides is 1. The molecule has 5 heteroatoms. The minimum absolute atomic E-state index is 0.242. The summed E-state index contributed by atoms with van der Waals surface area (Å²) in [7, 11) is 1.77. The van der Waals surface area contributed by atoms with E-state index in [4.69, 9.17) is 4.74 Å². The second kappa shape index (κ2) is 10.3. The van der Waals surface area contributed by atoms with Gasteiger partial charge in [-0.3, -0.25) is 14.6 Å². The number of hydrogen-bond donors (Lipinski definition) is 1. The average molecular weight is 325 g/mol. The molecule has 1 amide bonds. The highest BCUT2D eigenvalue weighted by molar-refractivity contribution is 5.76. The Kier molecular flexibility index (Phi) is 8.34. The number of nitrogens with one attached hydrogen (secondary N) is 1. The lowest BCUT2D eigenvalue weighted by molar-refractivity contribution is -0.122. The van der Waals surface area contributed by atoms with Gasteiger partial charge in [0.25, 0.3) is 0 Å². The summed E-state index contributed by atoms with van der Waals surface area (Å²) in [6.45, 7) is 8.21. The summed E-state index contributed by atoms with van der Waals surface area (Å²) < 4.78 is 5.21. The topological polar surface area (TPSA) is 44.8 Å². The molecule has 1 aliphatic heterocycles. The fraction of sp³-hybridized carbons (Fsp3) is 0.944. The minimum atomic E-state index is 0.242. The van der Waals surface area contributed by atoms with E-state index in [2.05, 4.69) is 22.0 Å². The summed E-state index contributed by atoms with van der Waals surface area (Å²) in [5.74, 6) is 0.242. The number of piperazine rings is 1. The maximum absolute atomic E-state index is 12.1. The van der Waals surface area contributed by atoms with E-state index in [1.54, 1.807) is 7.11 Å². The third-order valence-corrected chi connectivity index (χ3v) is 5.37. The maximum Gasteiger partial charge on any atom is 0.221 e. The summed E-state index contributed by atoms with van der Waals surface area (Å²) in [4.78, 5) is 17.1. The van der Waals surface area contributed by atoms with Crippen molar-refractivity contribution in [2.45, 2.75) is 64.0 Å². The van der Waals surface area contributed by atoms with Gasteiger partial charge in [0.05, 0.1) is 6.61 Å². The van der Waals surface area contributed by atoms with Crippen molar-refractivity contribution in [1.29, 1.82) is 0 Å². The molecule has 1 aliphatic carbocycles. The van der Waals surface area contributed by atoms with E-state index < -0.39 is 0 Å². The summed E-state index contributed by atoms with van der Waals surface area (Å²) in [5, 5.41) is 3.23. The van der Waals surface area contributed by atoms with Crippen molar-refractivity contribution in [3.05, 3.63) is 0 Å². The Morgan fingerprint density at radius 2 is 1.96 bits per heavy atom.